The number of hydrogen-bond acceptors (Lipinski definition) is 2. The van der Waals surface area contributed by atoms with Crippen molar-refractivity contribution < 1.29 is 4.79 Å². The first-order valence-electron chi connectivity index (χ1n) is 5.47. The van der Waals surface area contributed by atoms with E-state index in [4.69, 9.17) is 0 Å². The minimum atomic E-state index is -0.128. The van der Waals surface area contributed by atoms with Gasteiger partial charge in [0, 0.05) is 18.5 Å². The van der Waals surface area contributed by atoms with Crippen molar-refractivity contribution in [2.45, 2.75) is 6.92 Å². The quantitative estimate of drug-likeness (QED) is 0.798. The van der Waals surface area contributed by atoms with Gasteiger partial charge in [-0.25, -0.2) is 4.98 Å². The van der Waals surface area contributed by atoms with Gasteiger partial charge in [-0.15, -0.1) is 0 Å². The van der Waals surface area contributed by atoms with Crippen molar-refractivity contribution in [2.75, 3.05) is 7.05 Å². The molecule has 1 aromatic carbocycles. The first kappa shape index (κ1) is 11.3. The predicted molar refractivity (Wildman–Crippen MR) is 69.6 cm³/mol. The summed E-state index contributed by atoms with van der Waals surface area (Å²) in [7, 11) is 1.60. The van der Waals surface area contributed by atoms with Crippen LogP contribution in [0.3, 0.4) is 0 Å². The van der Waals surface area contributed by atoms with E-state index in [2.05, 4.69) is 10.3 Å². The molecule has 0 bridgehead atoms. The van der Waals surface area contributed by atoms with E-state index in [9.17, 15) is 4.79 Å². The fraction of sp³-hybridized carbons (Fsp3) is 0.143. The molecule has 86 valence electrons. The molecule has 0 saturated carbocycles. The molecule has 0 spiro atoms. The third kappa shape index (κ3) is 2.50. The number of rotatable bonds is 2. The van der Waals surface area contributed by atoms with Gasteiger partial charge in [0.1, 0.15) is 0 Å². The van der Waals surface area contributed by atoms with E-state index in [1.54, 1.807) is 13.1 Å². The van der Waals surface area contributed by atoms with Crippen LogP contribution in [0, 0.1) is 6.92 Å². The van der Waals surface area contributed by atoms with Crippen molar-refractivity contribution >= 4 is 22.9 Å². The monoisotopic (exact) mass is 226 g/mol. The summed E-state index contributed by atoms with van der Waals surface area (Å²) in [6.07, 6.45) is 3.19. The van der Waals surface area contributed by atoms with E-state index >= 15 is 0 Å². The standard InChI is InChI=1S/C14H14N2O/c1-10-4-3-5-11-6-7-12(16-14(10)11)8-9-13(17)15-2/h3-9H,1-2H3,(H,15,17)/b9-8+. The van der Waals surface area contributed by atoms with Gasteiger partial charge < -0.3 is 5.32 Å². The molecular weight excluding hydrogens is 212 g/mol. The number of hydrogen-bond donors (Lipinski definition) is 1. The molecule has 0 atom stereocenters. The Morgan fingerprint density at radius 3 is 2.88 bits per heavy atom. The maximum Gasteiger partial charge on any atom is 0.243 e. The highest BCUT2D eigenvalue weighted by Crippen LogP contribution is 2.16. The smallest absolute Gasteiger partial charge is 0.243 e. The lowest BCUT2D eigenvalue weighted by Crippen LogP contribution is -2.13. The number of carbonyl (C=O) groups excluding carboxylic acids is 1. The first-order chi connectivity index (χ1) is 8.20. The van der Waals surface area contributed by atoms with E-state index in [0.717, 1.165) is 22.2 Å². The molecule has 0 radical (unpaired) electrons. The highest BCUT2D eigenvalue weighted by atomic mass is 16.1. The van der Waals surface area contributed by atoms with Gasteiger partial charge in [0.05, 0.1) is 11.2 Å². The predicted octanol–water partition coefficient (Wildman–Crippen LogP) is 2.30. The molecule has 17 heavy (non-hydrogen) atoms. The van der Waals surface area contributed by atoms with Crippen LogP contribution < -0.4 is 5.32 Å². The van der Waals surface area contributed by atoms with Crippen LogP contribution in [0.1, 0.15) is 11.3 Å². The maximum absolute atomic E-state index is 11.1. The van der Waals surface area contributed by atoms with Gasteiger partial charge >= 0.3 is 0 Å². The summed E-state index contributed by atoms with van der Waals surface area (Å²) in [6, 6.07) is 9.99. The molecule has 1 amide bonds. The van der Waals surface area contributed by atoms with E-state index in [1.807, 2.05) is 37.3 Å². The maximum atomic E-state index is 11.1. The zero-order chi connectivity index (χ0) is 12.3. The van der Waals surface area contributed by atoms with Gasteiger partial charge in [0.2, 0.25) is 5.91 Å². The average Bonchev–Trinajstić information content (AvgIpc) is 2.36. The number of aromatic nitrogens is 1. The lowest BCUT2D eigenvalue weighted by atomic mass is 10.1. The van der Waals surface area contributed by atoms with Crippen molar-refractivity contribution in [3.8, 4) is 0 Å². The largest absolute Gasteiger partial charge is 0.356 e. The third-order valence-electron chi connectivity index (χ3n) is 2.60. The molecule has 0 aliphatic heterocycles. The van der Waals surface area contributed by atoms with Crippen LogP contribution in [0.5, 0.6) is 0 Å². The summed E-state index contributed by atoms with van der Waals surface area (Å²) >= 11 is 0. The Balaban J connectivity index is 2.41. The van der Waals surface area contributed by atoms with E-state index < -0.39 is 0 Å². The fourth-order valence-electron chi connectivity index (χ4n) is 1.65. The number of fused-ring (bicyclic) bond motifs is 1. The minimum absolute atomic E-state index is 0.128. The number of carbonyl (C=O) groups is 1. The molecule has 0 unspecified atom stereocenters. The lowest BCUT2D eigenvalue weighted by molar-refractivity contribution is -0.115. The Kier molecular flexibility index (Phi) is 3.19. The molecule has 3 heteroatoms. The van der Waals surface area contributed by atoms with E-state index in [0.29, 0.717) is 0 Å². The number of nitrogens with one attached hydrogen (secondary N) is 1. The highest BCUT2D eigenvalue weighted by molar-refractivity contribution is 5.91. The van der Waals surface area contributed by atoms with Gasteiger partial charge in [-0.3, -0.25) is 4.79 Å². The van der Waals surface area contributed by atoms with Crippen LogP contribution in [0.15, 0.2) is 36.4 Å². The normalized spacial score (nSPS) is 10.9. The second kappa shape index (κ2) is 4.78. The Hall–Kier alpha value is -2.16. The van der Waals surface area contributed by atoms with Crippen molar-refractivity contribution in [2.24, 2.45) is 0 Å². The van der Waals surface area contributed by atoms with Gasteiger partial charge in [0.25, 0.3) is 0 Å². The van der Waals surface area contributed by atoms with E-state index in [-0.39, 0.29) is 5.91 Å². The first-order valence-corrected chi connectivity index (χ1v) is 5.47. The van der Waals surface area contributed by atoms with Gasteiger partial charge in [-0.1, -0.05) is 24.3 Å². The van der Waals surface area contributed by atoms with Gasteiger partial charge in [-0.05, 0) is 24.6 Å². The highest BCUT2D eigenvalue weighted by Gasteiger charge is 1.99. The molecule has 0 aliphatic carbocycles. The number of aryl methyl sites for hydroxylation is 1. The average molecular weight is 226 g/mol. The summed E-state index contributed by atoms with van der Waals surface area (Å²) in [4.78, 5) is 15.6. The Morgan fingerprint density at radius 1 is 1.29 bits per heavy atom. The van der Waals surface area contributed by atoms with Crippen LogP contribution >= 0.6 is 0 Å². The van der Waals surface area contributed by atoms with Crippen LogP contribution in [0.4, 0.5) is 0 Å². The molecule has 3 nitrogen and oxygen atoms in total. The second-order valence-electron chi connectivity index (χ2n) is 3.83. The van der Waals surface area contributed by atoms with Crippen molar-refractivity contribution in [1.29, 1.82) is 0 Å². The number of para-hydroxylation sites is 1. The van der Waals surface area contributed by atoms with Crippen LogP contribution in [-0.2, 0) is 4.79 Å². The van der Waals surface area contributed by atoms with Gasteiger partial charge in [-0.2, -0.15) is 0 Å². The zero-order valence-corrected chi connectivity index (χ0v) is 9.90. The van der Waals surface area contributed by atoms with Crippen molar-refractivity contribution in [3.63, 3.8) is 0 Å². The topological polar surface area (TPSA) is 42.0 Å². The minimum Gasteiger partial charge on any atom is -0.356 e. The Labute approximate surface area is 100 Å². The molecule has 1 N–H and O–H groups in total. The van der Waals surface area contributed by atoms with Crippen LogP contribution in [-0.4, -0.2) is 17.9 Å². The van der Waals surface area contributed by atoms with Crippen molar-refractivity contribution in [1.82, 2.24) is 10.3 Å². The van der Waals surface area contributed by atoms with Crippen LogP contribution in [0.25, 0.3) is 17.0 Å². The molecule has 2 aromatic rings. The Morgan fingerprint density at radius 2 is 2.12 bits per heavy atom. The second-order valence-corrected chi connectivity index (χ2v) is 3.83. The van der Waals surface area contributed by atoms with Crippen LogP contribution in [0.2, 0.25) is 0 Å². The molecular formula is C14H14N2O. The Bertz CT molecular complexity index is 588. The molecule has 0 aliphatic rings. The SMILES string of the molecule is CNC(=O)/C=C/c1ccc2cccc(C)c2n1. The molecule has 1 aromatic heterocycles. The molecule has 0 saturated heterocycles. The summed E-state index contributed by atoms with van der Waals surface area (Å²) in [6.45, 7) is 2.03. The summed E-state index contributed by atoms with van der Waals surface area (Å²) < 4.78 is 0. The summed E-state index contributed by atoms with van der Waals surface area (Å²) in [5.74, 6) is -0.128. The van der Waals surface area contributed by atoms with Gasteiger partial charge in [0.15, 0.2) is 0 Å². The van der Waals surface area contributed by atoms with E-state index in [1.165, 1.54) is 6.08 Å². The van der Waals surface area contributed by atoms with Crippen molar-refractivity contribution in [3.05, 3.63) is 47.7 Å². The zero-order valence-electron chi connectivity index (χ0n) is 9.90. The number of amides is 1. The summed E-state index contributed by atoms with van der Waals surface area (Å²) in [5.41, 5.74) is 2.90. The molecule has 1 heterocycles. The third-order valence-corrected chi connectivity index (χ3v) is 2.60. The molecule has 2 rings (SSSR count). The fourth-order valence-corrected chi connectivity index (χ4v) is 1.65. The summed E-state index contributed by atoms with van der Waals surface area (Å²) in [5, 5.41) is 3.64. The number of likely N-dealkylation sites (N-methyl/N-ethyl adjacent to an activating group) is 1. The lowest BCUT2D eigenvalue weighted by Gasteiger charge is -2.01. The molecule has 0 fully saturated rings. The number of pyridine rings is 1. The number of nitrogens with zero attached hydrogens (tertiary/aromatic N) is 1. The number of benzene rings is 1.